The molecule has 4 heteroatoms. The lowest BCUT2D eigenvalue weighted by Crippen LogP contribution is -2.18. The third-order valence-electron chi connectivity index (χ3n) is 7.49. The van der Waals surface area contributed by atoms with Crippen LogP contribution in [0.4, 0.5) is 0 Å². The number of carbonyl (C=O) groups is 2. The first-order valence-corrected chi connectivity index (χ1v) is 16.7. The summed E-state index contributed by atoms with van der Waals surface area (Å²) in [6, 6.07) is 0. The first-order chi connectivity index (χ1) is 18.6. The molecular formula is C34H64O4. The van der Waals surface area contributed by atoms with Gasteiger partial charge in [-0.2, -0.15) is 0 Å². The maximum Gasteiger partial charge on any atom is 0.306 e. The van der Waals surface area contributed by atoms with Gasteiger partial charge in [-0.3, -0.25) is 9.59 Å². The molecule has 0 aromatic carbocycles. The molecule has 0 fully saturated rings. The van der Waals surface area contributed by atoms with E-state index in [1.807, 2.05) is 0 Å². The normalized spacial score (nSPS) is 12.3. The van der Waals surface area contributed by atoms with E-state index < -0.39 is 5.97 Å². The number of aliphatic carboxylic acids is 1. The summed E-state index contributed by atoms with van der Waals surface area (Å²) in [5, 5.41) is 8.69. The van der Waals surface area contributed by atoms with Crippen LogP contribution in [0.1, 0.15) is 187 Å². The Morgan fingerprint density at radius 3 is 1.45 bits per heavy atom. The first kappa shape index (κ1) is 36.7. The largest absolute Gasteiger partial charge is 0.481 e. The van der Waals surface area contributed by atoms with Crippen LogP contribution in [0.3, 0.4) is 0 Å². The zero-order valence-corrected chi connectivity index (χ0v) is 25.5. The second-order valence-corrected chi connectivity index (χ2v) is 11.3. The Morgan fingerprint density at radius 1 is 0.553 bits per heavy atom. The van der Waals surface area contributed by atoms with Gasteiger partial charge in [-0.25, -0.2) is 0 Å². The number of ether oxygens (including phenoxy) is 1. The Bertz CT molecular complexity index is 543. The standard InChI is InChI=1S/C34H64O4/c1-3-5-7-9-10-11-12-13-14-15-20-23-27-31-34(37)38-32(28-24-8-6-4-2)29-25-21-18-16-17-19-22-26-30-33(35)36/h11-12,32H,3-10,13-31H2,1-2H3,(H,35,36). The summed E-state index contributed by atoms with van der Waals surface area (Å²) in [5.41, 5.74) is 0. The van der Waals surface area contributed by atoms with Crippen molar-refractivity contribution < 1.29 is 19.4 Å². The molecule has 0 aromatic heterocycles. The summed E-state index contributed by atoms with van der Waals surface area (Å²) < 4.78 is 5.93. The van der Waals surface area contributed by atoms with E-state index in [2.05, 4.69) is 26.0 Å². The van der Waals surface area contributed by atoms with Crippen LogP contribution < -0.4 is 0 Å². The Balaban J connectivity index is 3.86. The highest BCUT2D eigenvalue weighted by Gasteiger charge is 2.14. The first-order valence-electron chi connectivity index (χ1n) is 16.7. The number of rotatable bonds is 30. The van der Waals surface area contributed by atoms with Crippen LogP contribution in [-0.2, 0) is 14.3 Å². The lowest BCUT2D eigenvalue weighted by Gasteiger charge is -2.18. The number of carboxylic acid groups (broad SMARTS) is 1. The summed E-state index contributed by atoms with van der Waals surface area (Å²) in [6.07, 6.45) is 35.2. The number of carbonyl (C=O) groups excluding carboxylic acids is 1. The van der Waals surface area contributed by atoms with Gasteiger partial charge >= 0.3 is 11.9 Å². The Labute approximate surface area is 236 Å². The van der Waals surface area contributed by atoms with Crippen LogP contribution in [0.5, 0.6) is 0 Å². The summed E-state index contributed by atoms with van der Waals surface area (Å²) >= 11 is 0. The number of esters is 1. The summed E-state index contributed by atoms with van der Waals surface area (Å²) in [4.78, 5) is 23.0. The van der Waals surface area contributed by atoms with Crippen LogP contribution in [0.2, 0.25) is 0 Å². The fraction of sp³-hybridized carbons (Fsp3) is 0.882. The molecule has 0 bridgehead atoms. The van der Waals surface area contributed by atoms with E-state index >= 15 is 0 Å². The van der Waals surface area contributed by atoms with Crippen molar-refractivity contribution in [1.82, 2.24) is 0 Å². The number of unbranched alkanes of at least 4 members (excludes halogenated alkanes) is 19. The molecule has 0 amide bonds. The highest BCUT2D eigenvalue weighted by atomic mass is 16.5. The van der Waals surface area contributed by atoms with Crippen molar-refractivity contribution in [1.29, 1.82) is 0 Å². The maximum atomic E-state index is 12.5. The zero-order valence-electron chi connectivity index (χ0n) is 25.5. The summed E-state index contributed by atoms with van der Waals surface area (Å²) in [7, 11) is 0. The molecule has 0 aliphatic heterocycles. The van der Waals surface area contributed by atoms with Crippen molar-refractivity contribution in [3.05, 3.63) is 12.2 Å². The second-order valence-electron chi connectivity index (χ2n) is 11.3. The van der Waals surface area contributed by atoms with Crippen molar-refractivity contribution in [2.75, 3.05) is 0 Å². The molecule has 0 aliphatic carbocycles. The van der Waals surface area contributed by atoms with Crippen LogP contribution >= 0.6 is 0 Å². The number of hydrogen-bond donors (Lipinski definition) is 1. The Hall–Kier alpha value is -1.32. The highest BCUT2D eigenvalue weighted by Crippen LogP contribution is 2.18. The third-order valence-corrected chi connectivity index (χ3v) is 7.49. The summed E-state index contributed by atoms with van der Waals surface area (Å²) in [5.74, 6) is -0.671. The fourth-order valence-corrected chi connectivity index (χ4v) is 5.00. The maximum absolute atomic E-state index is 12.5. The lowest BCUT2D eigenvalue weighted by molar-refractivity contribution is -0.150. The molecule has 0 heterocycles. The van der Waals surface area contributed by atoms with E-state index in [1.54, 1.807) is 0 Å². The third kappa shape index (κ3) is 29.2. The van der Waals surface area contributed by atoms with Gasteiger partial charge in [-0.05, 0) is 64.2 Å². The quantitative estimate of drug-likeness (QED) is 0.0563. The smallest absolute Gasteiger partial charge is 0.306 e. The number of carboxylic acids is 1. The van der Waals surface area contributed by atoms with Gasteiger partial charge in [0.1, 0.15) is 6.10 Å². The van der Waals surface area contributed by atoms with Gasteiger partial charge in [0.25, 0.3) is 0 Å². The van der Waals surface area contributed by atoms with Gasteiger partial charge in [0, 0.05) is 12.8 Å². The van der Waals surface area contributed by atoms with Gasteiger partial charge < -0.3 is 9.84 Å². The second kappa shape index (κ2) is 30.2. The van der Waals surface area contributed by atoms with Crippen LogP contribution in [-0.4, -0.2) is 23.1 Å². The van der Waals surface area contributed by atoms with Crippen molar-refractivity contribution in [2.45, 2.75) is 193 Å². The molecule has 1 N–H and O–H groups in total. The van der Waals surface area contributed by atoms with Crippen LogP contribution in [0.15, 0.2) is 12.2 Å². The minimum absolute atomic E-state index is 0.0119. The number of hydrogen-bond acceptors (Lipinski definition) is 3. The Morgan fingerprint density at radius 2 is 0.947 bits per heavy atom. The molecule has 1 atom stereocenters. The van der Waals surface area contributed by atoms with Gasteiger partial charge in [-0.15, -0.1) is 0 Å². The van der Waals surface area contributed by atoms with Crippen molar-refractivity contribution in [3.8, 4) is 0 Å². The average molecular weight is 537 g/mol. The monoisotopic (exact) mass is 536 g/mol. The minimum atomic E-state index is -0.683. The molecule has 1 unspecified atom stereocenters. The summed E-state index contributed by atoms with van der Waals surface area (Å²) in [6.45, 7) is 4.49. The zero-order chi connectivity index (χ0) is 27.9. The molecule has 38 heavy (non-hydrogen) atoms. The molecule has 0 aromatic rings. The molecule has 4 nitrogen and oxygen atoms in total. The lowest BCUT2D eigenvalue weighted by atomic mass is 10.0. The minimum Gasteiger partial charge on any atom is -0.481 e. The predicted octanol–water partition coefficient (Wildman–Crippen LogP) is 11.1. The molecule has 0 saturated carbocycles. The van der Waals surface area contributed by atoms with E-state index in [0.29, 0.717) is 12.8 Å². The molecule has 0 spiro atoms. The van der Waals surface area contributed by atoms with Gasteiger partial charge in [0.05, 0.1) is 0 Å². The van der Waals surface area contributed by atoms with E-state index in [0.717, 1.165) is 57.8 Å². The van der Waals surface area contributed by atoms with Gasteiger partial charge in [0.15, 0.2) is 0 Å². The molecule has 0 aliphatic rings. The molecule has 224 valence electrons. The van der Waals surface area contributed by atoms with E-state index in [1.165, 1.54) is 103 Å². The van der Waals surface area contributed by atoms with E-state index in [-0.39, 0.29) is 12.1 Å². The molecule has 0 radical (unpaired) electrons. The average Bonchev–Trinajstić information content (AvgIpc) is 2.90. The van der Waals surface area contributed by atoms with Crippen molar-refractivity contribution >= 4 is 11.9 Å². The SMILES string of the molecule is CCCCCCC=CCCCCCCCC(=O)OC(CCCCCC)CCCCCCCCCCC(=O)O. The van der Waals surface area contributed by atoms with Gasteiger partial charge in [0.2, 0.25) is 0 Å². The predicted molar refractivity (Wildman–Crippen MR) is 163 cm³/mol. The topological polar surface area (TPSA) is 63.6 Å². The number of allylic oxidation sites excluding steroid dienone is 2. The van der Waals surface area contributed by atoms with E-state index in [9.17, 15) is 9.59 Å². The molecular weight excluding hydrogens is 472 g/mol. The van der Waals surface area contributed by atoms with Gasteiger partial charge in [-0.1, -0.05) is 122 Å². The molecule has 0 saturated heterocycles. The van der Waals surface area contributed by atoms with Crippen LogP contribution in [0, 0.1) is 0 Å². The van der Waals surface area contributed by atoms with Crippen molar-refractivity contribution in [3.63, 3.8) is 0 Å². The fourth-order valence-electron chi connectivity index (χ4n) is 5.00. The Kier molecular flexibility index (Phi) is 29.2. The molecule has 0 rings (SSSR count). The van der Waals surface area contributed by atoms with E-state index in [4.69, 9.17) is 9.84 Å². The highest BCUT2D eigenvalue weighted by molar-refractivity contribution is 5.69. The van der Waals surface area contributed by atoms with Crippen molar-refractivity contribution in [2.24, 2.45) is 0 Å². The van der Waals surface area contributed by atoms with Crippen LogP contribution in [0.25, 0.3) is 0 Å².